The molecule has 1 amide bonds. The van der Waals surface area contributed by atoms with Gasteiger partial charge in [0, 0.05) is 0 Å². The summed E-state index contributed by atoms with van der Waals surface area (Å²) >= 11 is 2.64. The van der Waals surface area contributed by atoms with E-state index in [9.17, 15) is 9.59 Å². The van der Waals surface area contributed by atoms with Gasteiger partial charge in [-0.2, -0.15) is 0 Å². The largest absolute Gasteiger partial charge is 0.468 e. The van der Waals surface area contributed by atoms with Gasteiger partial charge >= 0.3 is 5.97 Å². The van der Waals surface area contributed by atoms with Crippen molar-refractivity contribution in [2.75, 3.05) is 19.4 Å². The monoisotopic (exact) mass is 247 g/mol. The van der Waals surface area contributed by atoms with Crippen LogP contribution in [-0.4, -0.2) is 41.5 Å². The Kier molecular flexibility index (Phi) is 5.05. The van der Waals surface area contributed by atoms with E-state index in [2.05, 4.69) is 20.3 Å². The van der Waals surface area contributed by atoms with Gasteiger partial charge in [-0.1, -0.05) is 23.1 Å². The van der Waals surface area contributed by atoms with E-state index in [1.165, 1.54) is 30.2 Å². The number of hydrogen-bond donors (Lipinski definition) is 1. The van der Waals surface area contributed by atoms with Crippen molar-refractivity contribution < 1.29 is 14.3 Å². The van der Waals surface area contributed by atoms with Gasteiger partial charge in [0.15, 0.2) is 4.34 Å². The van der Waals surface area contributed by atoms with Crippen LogP contribution in [-0.2, 0) is 14.3 Å². The molecule has 1 rings (SSSR count). The number of esters is 1. The highest BCUT2D eigenvalue weighted by Gasteiger charge is 2.06. The van der Waals surface area contributed by atoms with Crippen LogP contribution in [0.2, 0.25) is 0 Å². The van der Waals surface area contributed by atoms with E-state index in [1.54, 1.807) is 5.51 Å². The Hall–Kier alpha value is -1.15. The number of ether oxygens (including phenoxy) is 1. The molecule has 1 heterocycles. The van der Waals surface area contributed by atoms with Gasteiger partial charge in [0.2, 0.25) is 5.91 Å². The zero-order valence-corrected chi connectivity index (χ0v) is 9.56. The second kappa shape index (κ2) is 6.36. The highest BCUT2D eigenvalue weighted by atomic mass is 32.2. The second-order valence-electron chi connectivity index (χ2n) is 2.35. The molecule has 0 aromatic carbocycles. The molecule has 0 bridgehead atoms. The number of hydrogen-bond acceptors (Lipinski definition) is 7. The van der Waals surface area contributed by atoms with Crippen molar-refractivity contribution in [1.82, 2.24) is 15.5 Å². The predicted octanol–water partition coefficient (Wildman–Crippen LogP) is -0.0806. The topological polar surface area (TPSA) is 81.2 Å². The molecule has 0 saturated carbocycles. The van der Waals surface area contributed by atoms with Crippen molar-refractivity contribution in [3.05, 3.63) is 5.51 Å². The molecule has 0 aliphatic rings. The third kappa shape index (κ3) is 4.75. The van der Waals surface area contributed by atoms with Crippen molar-refractivity contribution in [3.8, 4) is 0 Å². The number of carbonyl (C=O) groups is 2. The fraction of sp³-hybridized carbons (Fsp3) is 0.429. The normalized spacial score (nSPS) is 9.67. The van der Waals surface area contributed by atoms with Gasteiger partial charge in [0.25, 0.3) is 0 Å². The van der Waals surface area contributed by atoms with Gasteiger partial charge < -0.3 is 10.1 Å². The van der Waals surface area contributed by atoms with E-state index in [0.717, 1.165) is 4.34 Å². The summed E-state index contributed by atoms with van der Waals surface area (Å²) in [6.07, 6.45) is 0. The minimum Gasteiger partial charge on any atom is -0.468 e. The lowest BCUT2D eigenvalue weighted by Gasteiger charge is -2.01. The smallest absolute Gasteiger partial charge is 0.325 e. The van der Waals surface area contributed by atoms with Gasteiger partial charge in [-0.25, -0.2) is 0 Å². The van der Waals surface area contributed by atoms with E-state index in [4.69, 9.17) is 0 Å². The molecule has 15 heavy (non-hydrogen) atoms. The molecule has 0 spiro atoms. The maximum absolute atomic E-state index is 11.2. The third-order valence-electron chi connectivity index (χ3n) is 1.32. The molecule has 0 aliphatic carbocycles. The Bertz CT molecular complexity index is 328. The molecule has 1 N–H and O–H groups in total. The van der Waals surface area contributed by atoms with Crippen molar-refractivity contribution in [2.24, 2.45) is 0 Å². The van der Waals surface area contributed by atoms with Crippen molar-refractivity contribution in [2.45, 2.75) is 4.34 Å². The molecule has 0 fully saturated rings. The molecule has 0 radical (unpaired) electrons. The fourth-order valence-electron chi connectivity index (χ4n) is 0.647. The Balaban J connectivity index is 2.16. The zero-order chi connectivity index (χ0) is 11.1. The molecule has 82 valence electrons. The molecule has 0 unspecified atom stereocenters. The number of methoxy groups -OCH3 is 1. The zero-order valence-electron chi connectivity index (χ0n) is 7.93. The summed E-state index contributed by atoms with van der Waals surface area (Å²) in [4.78, 5) is 21.9. The minimum atomic E-state index is -0.468. The number of nitrogens with one attached hydrogen (secondary N) is 1. The summed E-state index contributed by atoms with van der Waals surface area (Å²) in [5.41, 5.74) is 1.59. The van der Waals surface area contributed by atoms with Crippen LogP contribution in [0.25, 0.3) is 0 Å². The molecule has 0 aliphatic heterocycles. The van der Waals surface area contributed by atoms with Crippen molar-refractivity contribution in [1.29, 1.82) is 0 Å². The van der Waals surface area contributed by atoms with E-state index in [0.29, 0.717) is 0 Å². The molecular weight excluding hydrogens is 238 g/mol. The summed E-state index contributed by atoms with van der Waals surface area (Å²) < 4.78 is 5.10. The van der Waals surface area contributed by atoms with E-state index < -0.39 is 5.97 Å². The highest BCUT2D eigenvalue weighted by Crippen LogP contribution is 2.17. The molecule has 8 heteroatoms. The first-order valence-electron chi connectivity index (χ1n) is 3.95. The minimum absolute atomic E-state index is 0.105. The lowest BCUT2D eigenvalue weighted by molar-refractivity contribution is -0.140. The van der Waals surface area contributed by atoms with Crippen LogP contribution in [0.15, 0.2) is 9.85 Å². The molecule has 0 atom stereocenters. The van der Waals surface area contributed by atoms with Crippen LogP contribution < -0.4 is 5.32 Å². The van der Waals surface area contributed by atoms with E-state index in [1.807, 2.05) is 0 Å². The van der Waals surface area contributed by atoms with Crippen LogP contribution in [0.3, 0.4) is 0 Å². The van der Waals surface area contributed by atoms with E-state index in [-0.39, 0.29) is 18.2 Å². The highest BCUT2D eigenvalue weighted by molar-refractivity contribution is 8.01. The maximum Gasteiger partial charge on any atom is 0.325 e. The van der Waals surface area contributed by atoms with Crippen LogP contribution in [0.1, 0.15) is 0 Å². The van der Waals surface area contributed by atoms with Crippen LogP contribution in [0.4, 0.5) is 0 Å². The van der Waals surface area contributed by atoms with Crippen molar-refractivity contribution >= 4 is 35.0 Å². The van der Waals surface area contributed by atoms with Crippen LogP contribution >= 0.6 is 23.1 Å². The number of aromatic nitrogens is 2. The van der Waals surface area contributed by atoms with Crippen molar-refractivity contribution in [3.63, 3.8) is 0 Å². The number of nitrogens with zero attached hydrogens (tertiary/aromatic N) is 2. The number of rotatable bonds is 5. The lowest BCUT2D eigenvalue weighted by Crippen LogP contribution is -2.31. The Morgan fingerprint density at radius 1 is 1.67 bits per heavy atom. The first-order chi connectivity index (χ1) is 7.22. The maximum atomic E-state index is 11.2. The Labute approximate surface area is 94.4 Å². The molecule has 1 aromatic heterocycles. The average Bonchev–Trinajstić information content (AvgIpc) is 2.75. The summed E-state index contributed by atoms with van der Waals surface area (Å²) in [5.74, 6) is -0.489. The Morgan fingerprint density at radius 2 is 2.47 bits per heavy atom. The summed E-state index contributed by atoms with van der Waals surface area (Å²) in [6, 6.07) is 0. The summed E-state index contributed by atoms with van der Waals surface area (Å²) in [7, 11) is 1.27. The molecule has 6 nitrogen and oxygen atoms in total. The van der Waals surface area contributed by atoms with Gasteiger partial charge in [0.1, 0.15) is 12.1 Å². The number of amides is 1. The van der Waals surface area contributed by atoms with Gasteiger partial charge in [-0.05, 0) is 0 Å². The summed E-state index contributed by atoms with van der Waals surface area (Å²) in [6.45, 7) is -0.105. The van der Waals surface area contributed by atoms with E-state index >= 15 is 0 Å². The molecule has 0 saturated heterocycles. The fourth-order valence-corrected chi connectivity index (χ4v) is 1.97. The summed E-state index contributed by atoms with van der Waals surface area (Å²) in [5, 5.41) is 9.81. The standard InChI is InChI=1S/C7H9N3O3S2/c1-13-6(12)2-8-5(11)3-14-7-10-9-4-15-7/h4H,2-3H2,1H3,(H,8,11). The predicted molar refractivity (Wildman–Crippen MR) is 55.7 cm³/mol. The number of carbonyl (C=O) groups excluding carboxylic acids is 2. The first-order valence-corrected chi connectivity index (χ1v) is 5.81. The second-order valence-corrected chi connectivity index (χ2v) is 4.40. The van der Waals surface area contributed by atoms with Gasteiger partial charge in [-0.3, -0.25) is 9.59 Å². The number of thioether (sulfide) groups is 1. The third-order valence-corrected chi connectivity index (χ3v) is 3.18. The van der Waals surface area contributed by atoms with Crippen LogP contribution in [0.5, 0.6) is 0 Å². The Morgan fingerprint density at radius 3 is 3.07 bits per heavy atom. The average molecular weight is 247 g/mol. The molecule has 1 aromatic rings. The SMILES string of the molecule is COC(=O)CNC(=O)CSc1nncs1. The molecular formula is C7H9N3O3S2. The first kappa shape index (κ1) is 11.9. The lowest BCUT2D eigenvalue weighted by atomic mass is 10.6. The quantitative estimate of drug-likeness (QED) is 0.579. The van der Waals surface area contributed by atoms with Crippen LogP contribution in [0, 0.1) is 0 Å². The van der Waals surface area contributed by atoms with Gasteiger partial charge in [0.05, 0.1) is 12.9 Å². The van der Waals surface area contributed by atoms with Gasteiger partial charge in [-0.15, -0.1) is 10.2 Å².